The molecule has 1 heterocycles. The molecule has 2 aromatic carbocycles. The third kappa shape index (κ3) is 2.77. The minimum absolute atomic E-state index is 0.269. The van der Waals surface area contributed by atoms with Gasteiger partial charge in [0.1, 0.15) is 17.0 Å². The smallest absolute Gasteiger partial charge is 0.231 e. The third-order valence-corrected chi connectivity index (χ3v) is 4.31. The van der Waals surface area contributed by atoms with Crippen molar-refractivity contribution in [2.75, 3.05) is 7.11 Å². The number of oxazole rings is 1. The molecule has 1 aliphatic carbocycles. The maximum absolute atomic E-state index is 6.22. The van der Waals surface area contributed by atoms with E-state index in [4.69, 9.17) is 13.9 Å². The number of ether oxygens (including phenoxy) is 2. The van der Waals surface area contributed by atoms with E-state index < -0.39 is 0 Å². The molecule has 1 aromatic heterocycles. The van der Waals surface area contributed by atoms with E-state index in [9.17, 15) is 0 Å². The minimum Gasteiger partial charge on any atom is -0.497 e. The van der Waals surface area contributed by atoms with Gasteiger partial charge in [0.2, 0.25) is 5.89 Å². The molecule has 0 N–H and O–H groups in total. The van der Waals surface area contributed by atoms with Crippen molar-refractivity contribution in [3.63, 3.8) is 0 Å². The van der Waals surface area contributed by atoms with Crippen molar-refractivity contribution in [3.8, 4) is 23.0 Å². The average molecular weight is 309 g/mol. The zero-order valence-electron chi connectivity index (χ0n) is 13.1. The molecule has 0 atom stereocenters. The molecule has 0 aliphatic heterocycles. The van der Waals surface area contributed by atoms with Crippen molar-refractivity contribution in [1.29, 1.82) is 0 Å². The summed E-state index contributed by atoms with van der Waals surface area (Å²) in [7, 11) is 1.66. The van der Waals surface area contributed by atoms with Gasteiger partial charge >= 0.3 is 0 Å². The van der Waals surface area contributed by atoms with Gasteiger partial charge in [-0.15, -0.1) is 0 Å². The highest BCUT2D eigenvalue weighted by molar-refractivity contribution is 5.77. The standard InChI is InChI=1S/C19H19NO3/c1-21-14-10-11-15(18(12-14)22-13-6-2-3-7-13)19-20-16-8-4-5-9-17(16)23-19/h4-5,8-13H,2-3,6-7H2,1H3. The summed E-state index contributed by atoms with van der Waals surface area (Å²) in [4.78, 5) is 4.59. The molecule has 0 spiro atoms. The van der Waals surface area contributed by atoms with Gasteiger partial charge in [0, 0.05) is 6.07 Å². The van der Waals surface area contributed by atoms with Gasteiger partial charge in [-0.05, 0) is 49.9 Å². The van der Waals surface area contributed by atoms with E-state index in [0.717, 1.165) is 41.0 Å². The average Bonchev–Trinajstić information content (AvgIpc) is 3.23. The fraction of sp³-hybridized carbons (Fsp3) is 0.316. The summed E-state index contributed by atoms with van der Waals surface area (Å²) >= 11 is 0. The molecule has 3 aromatic rings. The molecule has 1 saturated carbocycles. The third-order valence-electron chi connectivity index (χ3n) is 4.31. The highest BCUT2D eigenvalue weighted by atomic mass is 16.5. The van der Waals surface area contributed by atoms with Crippen molar-refractivity contribution in [2.24, 2.45) is 0 Å². The van der Waals surface area contributed by atoms with Gasteiger partial charge in [-0.1, -0.05) is 12.1 Å². The number of aromatic nitrogens is 1. The Morgan fingerprint density at radius 3 is 2.70 bits per heavy atom. The van der Waals surface area contributed by atoms with Crippen molar-refractivity contribution in [3.05, 3.63) is 42.5 Å². The molecule has 23 heavy (non-hydrogen) atoms. The molecule has 1 aliphatic rings. The summed E-state index contributed by atoms with van der Waals surface area (Å²) in [6, 6.07) is 13.6. The number of fused-ring (bicyclic) bond motifs is 1. The number of nitrogens with zero attached hydrogens (tertiary/aromatic N) is 1. The van der Waals surface area contributed by atoms with Gasteiger partial charge in [0.25, 0.3) is 0 Å². The molecule has 4 heteroatoms. The lowest BCUT2D eigenvalue weighted by Gasteiger charge is -2.16. The fourth-order valence-electron chi connectivity index (χ4n) is 3.08. The molecule has 0 amide bonds. The van der Waals surface area contributed by atoms with Crippen LogP contribution in [0.15, 0.2) is 46.9 Å². The second-order valence-corrected chi connectivity index (χ2v) is 5.87. The normalized spacial score (nSPS) is 15.2. The van der Waals surface area contributed by atoms with Crippen LogP contribution in [0.4, 0.5) is 0 Å². The lowest BCUT2D eigenvalue weighted by atomic mass is 10.2. The van der Waals surface area contributed by atoms with Crippen LogP contribution in [0.3, 0.4) is 0 Å². The fourth-order valence-corrected chi connectivity index (χ4v) is 3.08. The second kappa shape index (κ2) is 5.95. The predicted octanol–water partition coefficient (Wildman–Crippen LogP) is 4.82. The van der Waals surface area contributed by atoms with Crippen molar-refractivity contribution in [2.45, 2.75) is 31.8 Å². The number of methoxy groups -OCH3 is 1. The highest BCUT2D eigenvalue weighted by Crippen LogP contribution is 2.36. The van der Waals surface area contributed by atoms with Gasteiger partial charge in [-0.25, -0.2) is 4.98 Å². The minimum atomic E-state index is 0.269. The molecule has 1 fully saturated rings. The van der Waals surface area contributed by atoms with Crippen molar-refractivity contribution >= 4 is 11.1 Å². The van der Waals surface area contributed by atoms with Crippen LogP contribution in [0.2, 0.25) is 0 Å². The number of rotatable bonds is 4. The van der Waals surface area contributed by atoms with Gasteiger partial charge in [0.05, 0.1) is 18.8 Å². The summed E-state index contributed by atoms with van der Waals surface area (Å²) in [6.07, 6.45) is 4.93. The number of hydrogen-bond acceptors (Lipinski definition) is 4. The first-order chi connectivity index (χ1) is 11.3. The Balaban J connectivity index is 1.76. The van der Waals surface area contributed by atoms with E-state index >= 15 is 0 Å². The Morgan fingerprint density at radius 2 is 1.91 bits per heavy atom. The van der Waals surface area contributed by atoms with Crippen LogP contribution >= 0.6 is 0 Å². The molecule has 0 unspecified atom stereocenters. The van der Waals surface area contributed by atoms with Crippen LogP contribution in [-0.4, -0.2) is 18.2 Å². The summed E-state index contributed by atoms with van der Waals surface area (Å²) in [5.74, 6) is 2.14. The van der Waals surface area contributed by atoms with E-state index in [2.05, 4.69) is 4.98 Å². The van der Waals surface area contributed by atoms with Gasteiger partial charge in [-0.3, -0.25) is 0 Å². The molecular weight excluding hydrogens is 290 g/mol. The molecule has 0 radical (unpaired) electrons. The van der Waals surface area contributed by atoms with Gasteiger partial charge in [0.15, 0.2) is 5.58 Å². The lowest BCUT2D eigenvalue weighted by molar-refractivity contribution is 0.210. The second-order valence-electron chi connectivity index (χ2n) is 5.87. The maximum Gasteiger partial charge on any atom is 0.231 e. The molecule has 118 valence electrons. The Hall–Kier alpha value is -2.49. The quantitative estimate of drug-likeness (QED) is 0.692. The van der Waals surface area contributed by atoms with Crippen LogP contribution in [0.5, 0.6) is 11.5 Å². The zero-order chi connectivity index (χ0) is 15.6. The van der Waals surface area contributed by atoms with Crippen LogP contribution in [0.25, 0.3) is 22.6 Å². The van der Waals surface area contributed by atoms with Gasteiger partial charge in [-0.2, -0.15) is 0 Å². The molecular formula is C19H19NO3. The summed E-state index contributed by atoms with van der Waals surface area (Å²) in [6.45, 7) is 0. The topological polar surface area (TPSA) is 44.5 Å². The van der Waals surface area contributed by atoms with E-state index in [1.807, 2.05) is 42.5 Å². The molecule has 4 rings (SSSR count). The predicted molar refractivity (Wildman–Crippen MR) is 88.9 cm³/mol. The highest BCUT2D eigenvalue weighted by Gasteiger charge is 2.21. The molecule has 0 saturated heterocycles. The Kier molecular flexibility index (Phi) is 3.66. The molecule has 4 nitrogen and oxygen atoms in total. The SMILES string of the molecule is COc1ccc(-c2nc3ccccc3o2)c(OC2CCCC2)c1. The maximum atomic E-state index is 6.22. The number of benzene rings is 2. The summed E-state index contributed by atoms with van der Waals surface area (Å²) in [5, 5.41) is 0. The van der Waals surface area contributed by atoms with E-state index in [1.165, 1.54) is 12.8 Å². The Labute approximate surface area is 135 Å². The zero-order valence-corrected chi connectivity index (χ0v) is 13.1. The Morgan fingerprint density at radius 1 is 1.09 bits per heavy atom. The first-order valence-corrected chi connectivity index (χ1v) is 8.04. The van der Waals surface area contributed by atoms with Crippen LogP contribution < -0.4 is 9.47 Å². The van der Waals surface area contributed by atoms with Gasteiger partial charge < -0.3 is 13.9 Å². The first kappa shape index (κ1) is 14.1. The number of hydrogen-bond donors (Lipinski definition) is 0. The molecule has 0 bridgehead atoms. The van der Waals surface area contributed by atoms with E-state index in [1.54, 1.807) is 7.11 Å². The van der Waals surface area contributed by atoms with Crippen molar-refractivity contribution in [1.82, 2.24) is 4.98 Å². The van der Waals surface area contributed by atoms with Crippen LogP contribution in [0, 0.1) is 0 Å². The lowest BCUT2D eigenvalue weighted by Crippen LogP contribution is -2.11. The summed E-state index contributed by atoms with van der Waals surface area (Å²) < 4.78 is 17.5. The van der Waals surface area contributed by atoms with Crippen molar-refractivity contribution < 1.29 is 13.9 Å². The largest absolute Gasteiger partial charge is 0.497 e. The van der Waals surface area contributed by atoms with Crippen LogP contribution in [0.1, 0.15) is 25.7 Å². The first-order valence-electron chi connectivity index (χ1n) is 8.04. The van der Waals surface area contributed by atoms with E-state index in [0.29, 0.717) is 5.89 Å². The monoisotopic (exact) mass is 309 g/mol. The summed E-state index contributed by atoms with van der Waals surface area (Å²) in [5.41, 5.74) is 2.50. The van der Waals surface area contributed by atoms with E-state index in [-0.39, 0.29) is 6.10 Å². The number of para-hydroxylation sites is 2. The Bertz CT molecular complexity index is 785. The van der Waals surface area contributed by atoms with Crippen LogP contribution in [-0.2, 0) is 0 Å².